The average molecular weight is 229 g/mol. The van der Waals surface area contributed by atoms with E-state index in [4.69, 9.17) is 10.8 Å². The molecule has 3 nitrogen and oxygen atoms in total. The van der Waals surface area contributed by atoms with E-state index >= 15 is 0 Å². The fourth-order valence-corrected chi connectivity index (χ4v) is 0.975. The van der Waals surface area contributed by atoms with Crippen molar-refractivity contribution in [3.05, 3.63) is 22.6 Å². The van der Waals surface area contributed by atoms with E-state index in [2.05, 4.69) is 26.6 Å². The molecule has 0 saturated carbocycles. The highest BCUT2D eigenvalue weighted by atomic mass is 79.9. The SMILES string of the molecule is C#CCOC(=O)c1occc1Br. The second kappa shape index (κ2) is 3.98. The number of terminal acetylenes is 1. The van der Waals surface area contributed by atoms with Crippen molar-refractivity contribution in [3.63, 3.8) is 0 Å². The molecule has 0 spiro atoms. The molecule has 0 saturated heterocycles. The molecule has 0 radical (unpaired) electrons. The molecule has 1 aromatic heterocycles. The number of halogens is 1. The highest BCUT2D eigenvalue weighted by Gasteiger charge is 2.14. The van der Waals surface area contributed by atoms with Gasteiger partial charge in [0.25, 0.3) is 0 Å². The number of carbonyl (C=O) groups excluding carboxylic acids is 1. The molecule has 1 rings (SSSR count). The molecule has 0 fully saturated rings. The van der Waals surface area contributed by atoms with Gasteiger partial charge >= 0.3 is 5.97 Å². The minimum absolute atomic E-state index is 0.0496. The summed E-state index contributed by atoms with van der Waals surface area (Å²) in [5.41, 5.74) is 0. The maximum absolute atomic E-state index is 11.0. The molecular formula is C8H5BrO3. The van der Waals surface area contributed by atoms with Crippen molar-refractivity contribution in [2.75, 3.05) is 6.61 Å². The summed E-state index contributed by atoms with van der Waals surface area (Å²) in [6.07, 6.45) is 6.28. The normalized spacial score (nSPS) is 9.00. The van der Waals surface area contributed by atoms with Gasteiger partial charge in [-0.1, -0.05) is 5.92 Å². The van der Waals surface area contributed by atoms with Gasteiger partial charge < -0.3 is 9.15 Å². The van der Waals surface area contributed by atoms with Crippen LogP contribution in [0.3, 0.4) is 0 Å². The molecule has 12 heavy (non-hydrogen) atoms. The van der Waals surface area contributed by atoms with Gasteiger partial charge in [0.2, 0.25) is 5.76 Å². The number of esters is 1. The number of hydrogen-bond acceptors (Lipinski definition) is 3. The topological polar surface area (TPSA) is 39.4 Å². The number of furan rings is 1. The average Bonchev–Trinajstić information content (AvgIpc) is 2.47. The molecule has 1 heterocycles. The van der Waals surface area contributed by atoms with E-state index in [1.165, 1.54) is 6.26 Å². The van der Waals surface area contributed by atoms with E-state index in [1.54, 1.807) is 6.07 Å². The van der Waals surface area contributed by atoms with Crippen molar-refractivity contribution >= 4 is 21.9 Å². The van der Waals surface area contributed by atoms with Crippen LogP contribution in [-0.2, 0) is 4.74 Å². The molecule has 4 heteroatoms. The van der Waals surface area contributed by atoms with E-state index < -0.39 is 5.97 Å². The Morgan fingerprint density at radius 2 is 2.58 bits per heavy atom. The lowest BCUT2D eigenvalue weighted by Crippen LogP contribution is -2.04. The fraction of sp³-hybridized carbons (Fsp3) is 0.125. The Kier molecular flexibility index (Phi) is 2.94. The Morgan fingerprint density at radius 3 is 3.08 bits per heavy atom. The zero-order chi connectivity index (χ0) is 8.97. The van der Waals surface area contributed by atoms with Gasteiger partial charge in [0.15, 0.2) is 6.61 Å². The number of ether oxygens (including phenoxy) is 1. The number of rotatable bonds is 2. The third-order valence-electron chi connectivity index (χ3n) is 1.09. The second-order valence-electron chi connectivity index (χ2n) is 1.88. The van der Waals surface area contributed by atoms with Crippen LogP contribution >= 0.6 is 15.9 Å². The third-order valence-corrected chi connectivity index (χ3v) is 1.71. The van der Waals surface area contributed by atoms with Crippen molar-refractivity contribution in [1.82, 2.24) is 0 Å². The summed E-state index contributed by atoms with van der Waals surface area (Å²) in [7, 11) is 0. The maximum atomic E-state index is 11.0. The Labute approximate surface area is 77.8 Å². The molecule has 0 amide bonds. The highest BCUT2D eigenvalue weighted by Crippen LogP contribution is 2.17. The van der Waals surface area contributed by atoms with E-state index in [9.17, 15) is 4.79 Å². The molecule has 0 N–H and O–H groups in total. The number of hydrogen-bond donors (Lipinski definition) is 0. The van der Waals surface area contributed by atoms with Gasteiger partial charge in [-0.15, -0.1) is 6.42 Å². The lowest BCUT2D eigenvalue weighted by Gasteiger charge is -1.96. The summed E-state index contributed by atoms with van der Waals surface area (Å²) in [6.45, 7) is -0.0496. The van der Waals surface area contributed by atoms with Crippen molar-refractivity contribution < 1.29 is 13.9 Å². The summed E-state index contributed by atoms with van der Waals surface area (Å²) < 4.78 is 10.0. The van der Waals surface area contributed by atoms with Crippen LogP contribution in [0.15, 0.2) is 21.2 Å². The van der Waals surface area contributed by atoms with Crippen LogP contribution in [0.1, 0.15) is 10.6 Å². The Hall–Kier alpha value is -1.21. The van der Waals surface area contributed by atoms with Crippen molar-refractivity contribution in [2.45, 2.75) is 0 Å². The lowest BCUT2D eigenvalue weighted by atomic mass is 10.4. The summed E-state index contributed by atoms with van der Waals surface area (Å²) in [5, 5.41) is 0. The molecule has 0 aliphatic rings. The van der Waals surface area contributed by atoms with Gasteiger partial charge in [-0.3, -0.25) is 0 Å². The molecule has 0 bridgehead atoms. The second-order valence-corrected chi connectivity index (χ2v) is 2.73. The van der Waals surface area contributed by atoms with Crippen LogP contribution in [0, 0.1) is 12.3 Å². The molecular weight excluding hydrogens is 224 g/mol. The van der Waals surface area contributed by atoms with E-state index in [-0.39, 0.29) is 12.4 Å². The minimum Gasteiger partial charge on any atom is -0.456 e. The third kappa shape index (κ3) is 1.89. The quantitative estimate of drug-likeness (QED) is 0.573. The molecule has 62 valence electrons. The first-order chi connectivity index (χ1) is 5.75. The number of carbonyl (C=O) groups is 1. The van der Waals surface area contributed by atoms with E-state index in [0.29, 0.717) is 4.47 Å². The highest BCUT2D eigenvalue weighted by molar-refractivity contribution is 9.10. The zero-order valence-corrected chi connectivity index (χ0v) is 7.63. The maximum Gasteiger partial charge on any atom is 0.376 e. The standard InChI is InChI=1S/C8H5BrO3/c1-2-4-12-8(10)7-6(9)3-5-11-7/h1,3,5H,4H2. The zero-order valence-electron chi connectivity index (χ0n) is 6.04. The Morgan fingerprint density at radius 1 is 1.83 bits per heavy atom. The first kappa shape index (κ1) is 8.88. The first-order valence-corrected chi connectivity index (χ1v) is 3.88. The van der Waals surface area contributed by atoms with Crippen LogP contribution in [-0.4, -0.2) is 12.6 Å². The molecule has 0 aliphatic carbocycles. The summed E-state index contributed by atoms with van der Waals surface area (Å²) in [4.78, 5) is 11.0. The monoisotopic (exact) mass is 228 g/mol. The predicted octanol–water partition coefficient (Wildman–Crippen LogP) is 1.83. The van der Waals surface area contributed by atoms with E-state index in [1.807, 2.05) is 0 Å². The molecule has 0 aromatic carbocycles. The fourth-order valence-electron chi connectivity index (χ4n) is 0.612. The molecule has 0 unspecified atom stereocenters. The largest absolute Gasteiger partial charge is 0.456 e. The van der Waals surface area contributed by atoms with Crippen LogP contribution in [0.4, 0.5) is 0 Å². The van der Waals surface area contributed by atoms with Crippen molar-refractivity contribution in [3.8, 4) is 12.3 Å². The van der Waals surface area contributed by atoms with Gasteiger partial charge in [0, 0.05) is 0 Å². The van der Waals surface area contributed by atoms with Gasteiger partial charge in [0.05, 0.1) is 10.7 Å². The van der Waals surface area contributed by atoms with Crippen LogP contribution < -0.4 is 0 Å². The smallest absolute Gasteiger partial charge is 0.376 e. The van der Waals surface area contributed by atoms with E-state index in [0.717, 1.165) is 0 Å². The van der Waals surface area contributed by atoms with Gasteiger partial charge in [-0.05, 0) is 22.0 Å². The molecule has 1 aromatic rings. The molecule has 0 atom stereocenters. The summed E-state index contributed by atoms with van der Waals surface area (Å²) in [6, 6.07) is 1.60. The van der Waals surface area contributed by atoms with Gasteiger partial charge in [0.1, 0.15) is 0 Å². The van der Waals surface area contributed by atoms with Gasteiger partial charge in [-0.25, -0.2) is 4.79 Å². The van der Waals surface area contributed by atoms with Crippen molar-refractivity contribution in [1.29, 1.82) is 0 Å². The summed E-state index contributed by atoms with van der Waals surface area (Å²) in [5.74, 6) is 1.74. The minimum atomic E-state index is -0.565. The van der Waals surface area contributed by atoms with Crippen LogP contribution in [0.5, 0.6) is 0 Å². The van der Waals surface area contributed by atoms with Crippen molar-refractivity contribution in [2.24, 2.45) is 0 Å². The van der Waals surface area contributed by atoms with Gasteiger partial charge in [-0.2, -0.15) is 0 Å². The lowest BCUT2D eigenvalue weighted by molar-refractivity contribution is 0.0519. The van der Waals surface area contributed by atoms with Crippen LogP contribution in [0.2, 0.25) is 0 Å². The predicted molar refractivity (Wildman–Crippen MR) is 45.5 cm³/mol. The molecule has 0 aliphatic heterocycles. The Balaban J connectivity index is 2.67. The Bertz CT molecular complexity index is 321. The first-order valence-electron chi connectivity index (χ1n) is 3.09. The van der Waals surface area contributed by atoms with Crippen LogP contribution in [0.25, 0.3) is 0 Å². The summed E-state index contributed by atoms with van der Waals surface area (Å²) >= 11 is 3.11.